The largest absolute Gasteiger partial charge is 0.394 e. The number of unbranched alkanes of at least 4 members (excludes halogenated alkanes) is 10. The third kappa shape index (κ3) is 39.5. The SMILES string of the molecule is CCC[C@@H]1C[C@@H](C)CN1C(=O)CCCCCCCCCCC(=O)CC(COCCC(=O)NCCCNC(=O)CCCCOC1OC(CO)C(O)C(O)C1C)(COCCC(=O)NCCCNC(=O)CCCCOC1OC(CO)C(O)C(O)C1C)COCCC(=O)NCCCNC(=O)CCCCOC1OC(CO)C(O)C(O)C1C. The summed E-state index contributed by atoms with van der Waals surface area (Å²) < 4.78 is 52.6. The fraction of sp³-hybridized carbons (Fsp3) is 0.899. The highest BCUT2D eigenvalue weighted by molar-refractivity contribution is 5.80. The maximum atomic E-state index is 14.1. The van der Waals surface area contributed by atoms with Crippen LogP contribution in [-0.4, -0.2) is 303 Å². The molecule has 15 N–H and O–H groups in total. The first-order chi connectivity index (χ1) is 53.9. The fourth-order valence-corrected chi connectivity index (χ4v) is 14.2. The number of hydrogen-bond acceptors (Lipinski definition) is 26. The molecule has 0 spiro atoms. The number of aliphatic hydroxyl groups is 9. The van der Waals surface area contributed by atoms with E-state index < -0.39 is 117 Å². The Hall–Kier alpha value is -4.76. The van der Waals surface area contributed by atoms with Crippen molar-refractivity contribution < 1.29 is 127 Å². The first-order valence-electron chi connectivity index (χ1n) is 41.7. The Morgan fingerprint density at radius 3 is 1.01 bits per heavy atom. The summed E-state index contributed by atoms with van der Waals surface area (Å²) in [5, 5.41) is 107. The van der Waals surface area contributed by atoms with E-state index in [1.165, 1.54) is 0 Å². The average molecular weight is 1610 g/mol. The molecule has 17 atom stereocenters. The minimum absolute atomic E-state index is 0.0315. The minimum atomic E-state index is -1.23. The van der Waals surface area contributed by atoms with Crippen LogP contribution in [-0.2, 0) is 81.0 Å². The molecule has 0 aliphatic carbocycles. The zero-order valence-electron chi connectivity index (χ0n) is 67.7. The van der Waals surface area contributed by atoms with E-state index in [9.17, 15) is 84.3 Å². The van der Waals surface area contributed by atoms with Crippen molar-refractivity contribution in [2.45, 2.75) is 301 Å². The van der Waals surface area contributed by atoms with Crippen LogP contribution in [0.15, 0.2) is 0 Å². The number of likely N-dealkylation sites (tertiary alicyclic amines) is 1. The molecule has 4 saturated heterocycles. The Bertz CT molecular complexity index is 2410. The number of aliphatic hydroxyl groups excluding tert-OH is 9. The van der Waals surface area contributed by atoms with E-state index in [0.717, 1.165) is 70.8 Å². The third-order valence-corrected chi connectivity index (χ3v) is 21.2. The Labute approximate surface area is 663 Å². The standard InChI is InChI=1S/C79H143N7O26/c1-6-24-58-45-54(2)47-86(58)69(97)29-14-12-10-8-7-9-11-13-25-59(90)46-79(51-104-42-30-66(94)83-36-21-33-80-63(91)26-15-18-39-107-76-55(3)70(98)73(101)60(48-87)110-76,52-105-43-31-67(95)84-37-22-34-81-64(92)27-16-19-40-108-77-56(4)71(99)74(102)61(49-88)111-77)53-106-44-32-68(96)85-38-23-35-82-65(93)28-17-20-41-109-78-57(5)72(100)75(103)62(50-89)112-78/h54-58,60-62,70-78,87-89,98-103H,6-53H2,1-5H3,(H,80,91)(H,81,92)(H,82,93)(H,83,94)(H,84,95)(H,85,96)/t54-,55?,56?,57?,58-,60?,61?,62?,70?,71?,72?,73?,74?,75?,76?,77?,78?,79?/m1/s1. The Morgan fingerprint density at radius 1 is 0.384 bits per heavy atom. The molecule has 4 rings (SSSR count). The molecular weight excluding hydrogens is 1460 g/mol. The van der Waals surface area contributed by atoms with Crippen LogP contribution in [0, 0.1) is 29.1 Å². The van der Waals surface area contributed by atoms with Crippen molar-refractivity contribution in [1.29, 1.82) is 0 Å². The van der Waals surface area contributed by atoms with E-state index in [4.69, 9.17) is 42.6 Å². The van der Waals surface area contributed by atoms with E-state index in [-0.39, 0.29) is 178 Å². The maximum Gasteiger partial charge on any atom is 0.222 e. The van der Waals surface area contributed by atoms with Crippen molar-refractivity contribution in [2.75, 3.05) is 125 Å². The summed E-state index contributed by atoms with van der Waals surface area (Å²) in [7, 11) is 0. The van der Waals surface area contributed by atoms with E-state index in [1.54, 1.807) is 20.8 Å². The zero-order valence-corrected chi connectivity index (χ0v) is 67.7. The monoisotopic (exact) mass is 1610 g/mol. The van der Waals surface area contributed by atoms with Crippen molar-refractivity contribution in [2.24, 2.45) is 29.1 Å². The van der Waals surface area contributed by atoms with Crippen LogP contribution in [0.25, 0.3) is 0 Å². The van der Waals surface area contributed by atoms with Gasteiger partial charge in [0.05, 0.1) is 77.8 Å². The quantitative estimate of drug-likeness (QED) is 0.0386. The molecule has 0 aromatic heterocycles. The maximum absolute atomic E-state index is 14.1. The van der Waals surface area contributed by atoms with Crippen LogP contribution in [0.4, 0.5) is 0 Å². The van der Waals surface area contributed by atoms with E-state index in [0.29, 0.717) is 102 Å². The summed E-state index contributed by atoms with van der Waals surface area (Å²) in [6.45, 7) is 11.0. The number of ketones is 1. The van der Waals surface area contributed by atoms with Gasteiger partial charge in [0.2, 0.25) is 41.4 Å². The predicted molar refractivity (Wildman–Crippen MR) is 411 cm³/mol. The van der Waals surface area contributed by atoms with Crippen molar-refractivity contribution in [3.05, 3.63) is 0 Å². The molecule has 4 fully saturated rings. The predicted octanol–water partition coefficient (Wildman–Crippen LogP) is 1.74. The van der Waals surface area contributed by atoms with E-state index in [1.807, 2.05) is 0 Å². The smallest absolute Gasteiger partial charge is 0.222 e. The summed E-state index contributed by atoms with van der Waals surface area (Å²) in [5.74, 6) is -2.27. The van der Waals surface area contributed by atoms with Gasteiger partial charge in [0.15, 0.2) is 18.9 Å². The molecule has 15 unspecified atom stereocenters. The number of Topliss-reactive ketones (excluding diaryl/α,β-unsaturated/α-hetero) is 1. The Morgan fingerprint density at radius 2 is 0.688 bits per heavy atom. The van der Waals surface area contributed by atoms with Gasteiger partial charge >= 0.3 is 0 Å². The van der Waals surface area contributed by atoms with Gasteiger partial charge < -0.3 is 125 Å². The third-order valence-electron chi connectivity index (χ3n) is 21.2. The lowest BCUT2D eigenvalue weighted by Gasteiger charge is -2.40. The summed E-state index contributed by atoms with van der Waals surface area (Å²) in [5.41, 5.74) is -1.12. The van der Waals surface area contributed by atoms with Crippen molar-refractivity contribution >= 4 is 47.1 Å². The topological polar surface area (TPSA) is 477 Å². The molecule has 0 bridgehead atoms. The number of carbonyl (C=O) groups excluding carboxylic acids is 8. The van der Waals surface area contributed by atoms with Gasteiger partial charge in [-0.2, -0.15) is 0 Å². The van der Waals surface area contributed by atoms with Crippen LogP contribution in [0.2, 0.25) is 0 Å². The normalized spacial score (nSPS) is 26.4. The van der Waals surface area contributed by atoms with Gasteiger partial charge in [0.1, 0.15) is 42.4 Å². The molecule has 4 heterocycles. The van der Waals surface area contributed by atoms with Gasteiger partial charge in [-0.1, -0.05) is 79.6 Å². The second-order valence-electron chi connectivity index (χ2n) is 31.1. The number of hydrogen-bond donors (Lipinski definition) is 15. The Balaban J connectivity index is 1.27. The lowest BCUT2D eigenvalue weighted by Crippen LogP contribution is -2.55. The van der Waals surface area contributed by atoms with Crippen LogP contribution in [0.3, 0.4) is 0 Å². The molecule has 0 aromatic rings. The van der Waals surface area contributed by atoms with Crippen molar-refractivity contribution in [1.82, 2.24) is 36.8 Å². The number of amides is 7. The molecule has 4 aliphatic heterocycles. The highest BCUT2D eigenvalue weighted by atomic mass is 16.7. The molecule has 0 radical (unpaired) electrons. The van der Waals surface area contributed by atoms with E-state index in [2.05, 4.69) is 50.6 Å². The summed E-state index contributed by atoms with van der Waals surface area (Å²) in [6, 6.07) is 0.362. The van der Waals surface area contributed by atoms with Crippen LogP contribution in [0.1, 0.15) is 221 Å². The van der Waals surface area contributed by atoms with Gasteiger partial charge in [-0.25, -0.2) is 0 Å². The van der Waals surface area contributed by atoms with Crippen molar-refractivity contribution in [3.63, 3.8) is 0 Å². The first kappa shape index (κ1) is 99.6. The average Bonchev–Trinajstić information content (AvgIpc) is 1.18. The van der Waals surface area contributed by atoms with Crippen LogP contribution >= 0.6 is 0 Å². The van der Waals surface area contributed by atoms with Crippen LogP contribution < -0.4 is 31.9 Å². The molecule has 0 aromatic carbocycles. The van der Waals surface area contributed by atoms with Gasteiger partial charge in [-0.05, 0) is 89.4 Å². The highest BCUT2D eigenvalue weighted by Crippen LogP contribution is 2.32. The molecule has 650 valence electrons. The van der Waals surface area contributed by atoms with Crippen LogP contribution in [0.5, 0.6) is 0 Å². The summed E-state index contributed by atoms with van der Waals surface area (Å²) in [6.07, 6.45) is 4.04. The first-order valence-corrected chi connectivity index (χ1v) is 41.7. The fourth-order valence-electron chi connectivity index (χ4n) is 14.2. The second kappa shape index (κ2) is 58.2. The number of carbonyl (C=O) groups is 8. The second-order valence-corrected chi connectivity index (χ2v) is 31.1. The van der Waals surface area contributed by atoms with Crippen molar-refractivity contribution in [3.8, 4) is 0 Å². The van der Waals surface area contributed by atoms with Gasteiger partial charge in [0, 0.05) is 153 Å². The zero-order chi connectivity index (χ0) is 82.1. The number of nitrogens with one attached hydrogen (secondary N) is 6. The lowest BCUT2D eigenvalue weighted by atomic mass is 9.84. The molecule has 112 heavy (non-hydrogen) atoms. The van der Waals surface area contributed by atoms with Gasteiger partial charge in [-0.3, -0.25) is 38.4 Å². The molecule has 4 aliphatic rings. The highest BCUT2D eigenvalue weighted by Gasteiger charge is 2.45. The number of ether oxygens (including phenoxy) is 9. The number of nitrogens with zero attached hydrogens (tertiary/aromatic N) is 1. The molecule has 33 heteroatoms. The minimum Gasteiger partial charge on any atom is -0.394 e. The molecular formula is C79H143N7O26. The molecule has 33 nitrogen and oxygen atoms in total. The molecule has 7 amide bonds. The molecule has 0 saturated carbocycles. The lowest BCUT2D eigenvalue weighted by molar-refractivity contribution is -0.282. The van der Waals surface area contributed by atoms with Gasteiger partial charge in [0.25, 0.3) is 0 Å². The summed E-state index contributed by atoms with van der Waals surface area (Å²) in [4.78, 5) is 106. The number of rotatable bonds is 63. The summed E-state index contributed by atoms with van der Waals surface area (Å²) >= 11 is 0. The van der Waals surface area contributed by atoms with E-state index >= 15 is 0 Å². The Kier molecular flexibility index (Phi) is 51.7. The van der Waals surface area contributed by atoms with Gasteiger partial charge in [-0.15, -0.1) is 0 Å².